The zero-order valence-electron chi connectivity index (χ0n) is 18.3. The first-order valence-corrected chi connectivity index (χ1v) is 11.4. The highest BCUT2D eigenvalue weighted by atomic mass is 32.2. The minimum atomic E-state index is -0.475. The molecule has 0 aliphatic rings. The van der Waals surface area contributed by atoms with Gasteiger partial charge in [-0.15, -0.1) is 10.2 Å². The predicted molar refractivity (Wildman–Crippen MR) is 129 cm³/mol. The number of thioether (sulfide) groups is 1. The van der Waals surface area contributed by atoms with E-state index < -0.39 is 5.25 Å². The summed E-state index contributed by atoms with van der Waals surface area (Å²) in [4.78, 5) is 17.5. The number of nitrogens with one attached hydrogen (secondary N) is 1. The van der Waals surface area contributed by atoms with Crippen LogP contribution in [0, 0.1) is 13.8 Å². The van der Waals surface area contributed by atoms with Crippen LogP contribution in [0.2, 0.25) is 0 Å². The second-order valence-corrected chi connectivity index (χ2v) is 8.63. The highest BCUT2D eigenvalue weighted by Crippen LogP contribution is 2.37. The minimum absolute atomic E-state index is 0.0951. The number of hydrogen-bond donors (Lipinski definition) is 1. The van der Waals surface area contributed by atoms with Crippen LogP contribution in [0.4, 0.5) is 5.69 Å². The molecule has 2 heterocycles. The lowest BCUT2D eigenvalue weighted by atomic mass is 10.1. The summed E-state index contributed by atoms with van der Waals surface area (Å²) in [5, 5.41) is 12.1. The van der Waals surface area contributed by atoms with Crippen molar-refractivity contribution in [3.8, 4) is 11.4 Å². The second kappa shape index (κ2) is 9.78. The van der Waals surface area contributed by atoms with Gasteiger partial charge in [0, 0.05) is 30.2 Å². The van der Waals surface area contributed by atoms with Crippen LogP contribution in [0.1, 0.15) is 28.9 Å². The van der Waals surface area contributed by atoms with Crippen LogP contribution in [0.15, 0.2) is 78.2 Å². The van der Waals surface area contributed by atoms with Crippen molar-refractivity contribution in [2.24, 2.45) is 0 Å². The molecule has 1 amide bonds. The number of hydrogen-bond acceptors (Lipinski definition) is 5. The standard InChI is InChI=1S/C25H25N5OS/c1-4-30-23(20-10-12-26-13-11-20)28-29-25(30)32-22(19-8-6-5-7-9-19)24(31)27-21-15-17(2)14-18(3)16-21/h5-16,22H,4H2,1-3H3,(H,27,31). The summed E-state index contributed by atoms with van der Waals surface area (Å²) < 4.78 is 2.03. The van der Waals surface area contributed by atoms with Gasteiger partial charge >= 0.3 is 0 Å². The van der Waals surface area contributed by atoms with Crippen LogP contribution in [-0.4, -0.2) is 25.7 Å². The molecule has 0 saturated carbocycles. The van der Waals surface area contributed by atoms with Gasteiger partial charge in [0.2, 0.25) is 5.91 Å². The fourth-order valence-corrected chi connectivity index (χ4v) is 4.74. The molecule has 7 heteroatoms. The Morgan fingerprint density at radius 2 is 1.69 bits per heavy atom. The maximum absolute atomic E-state index is 13.4. The van der Waals surface area contributed by atoms with E-state index in [4.69, 9.17) is 0 Å². The van der Waals surface area contributed by atoms with Crippen LogP contribution < -0.4 is 5.32 Å². The Labute approximate surface area is 192 Å². The van der Waals surface area contributed by atoms with E-state index in [0.717, 1.165) is 33.8 Å². The number of amides is 1. The van der Waals surface area contributed by atoms with Crippen molar-refractivity contribution in [2.75, 3.05) is 5.32 Å². The van der Waals surface area contributed by atoms with Crippen molar-refractivity contribution in [1.82, 2.24) is 19.7 Å². The molecule has 162 valence electrons. The molecule has 0 spiro atoms. The van der Waals surface area contributed by atoms with Gasteiger partial charge in [0.05, 0.1) is 0 Å². The molecule has 1 N–H and O–H groups in total. The minimum Gasteiger partial charge on any atom is -0.325 e. The average Bonchev–Trinajstić information content (AvgIpc) is 3.20. The molecule has 1 atom stereocenters. The Morgan fingerprint density at radius 3 is 2.34 bits per heavy atom. The van der Waals surface area contributed by atoms with Gasteiger partial charge in [-0.2, -0.15) is 0 Å². The summed E-state index contributed by atoms with van der Waals surface area (Å²) in [6, 6.07) is 19.6. The van der Waals surface area contributed by atoms with E-state index in [2.05, 4.69) is 26.6 Å². The van der Waals surface area contributed by atoms with Gasteiger partial charge < -0.3 is 9.88 Å². The SMILES string of the molecule is CCn1c(SC(C(=O)Nc2cc(C)cc(C)c2)c2ccccc2)nnc1-c1ccncc1. The number of anilines is 1. The van der Waals surface area contributed by atoms with Gasteiger partial charge in [-0.1, -0.05) is 48.2 Å². The first-order valence-electron chi connectivity index (χ1n) is 10.5. The highest BCUT2D eigenvalue weighted by molar-refractivity contribution is 8.00. The summed E-state index contributed by atoms with van der Waals surface area (Å²) in [6.07, 6.45) is 3.47. The van der Waals surface area contributed by atoms with E-state index in [9.17, 15) is 4.79 Å². The third kappa shape index (κ3) is 4.89. The van der Waals surface area contributed by atoms with Crippen molar-refractivity contribution in [3.05, 3.63) is 89.7 Å². The molecule has 0 aliphatic heterocycles. The van der Waals surface area contributed by atoms with Crippen molar-refractivity contribution in [1.29, 1.82) is 0 Å². The van der Waals surface area contributed by atoms with Gasteiger partial charge in [-0.25, -0.2) is 0 Å². The number of aromatic nitrogens is 4. The molecule has 0 saturated heterocycles. The molecule has 0 radical (unpaired) electrons. The van der Waals surface area contributed by atoms with E-state index in [1.807, 2.05) is 79.9 Å². The molecule has 2 aromatic heterocycles. The zero-order chi connectivity index (χ0) is 22.5. The fraction of sp³-hybridized carbons (Fsp3) is 0.200. The van der Waals surface area contributed by atoms with Crippen molar-refractivity contribution < 1.29 is 4.79 Å². The van der Waals surface area contributed by atoms with E-state index >= 15 is 0 Å². The summed E-state index contributed by atoms with van der Waals surface area (Å²) in [5.74, 6) is 0.668. The number of carbonyl (C=O) groups is 1. The molecular weight excluding hydrogens is 418 g/mol. The summed E-state index contributed by atoms with van der Waals surface area (Å²) in [5.41, 5.74) is 4.87. The maximum atomic E-state index is 13.4. The molecule has 1 unspecified atom stereocenters. The number of carbonyl (C=O) groups excluding carboxylic acids is 1. The molecular formula is C25H25N5OS. The van der Waals surface area contributed by atoms with E-state index in [0.29, 0.717) is 11.7 Å². The largest absolute Gasteiger partial charge is 0.325 e. The summed E-state index contributed by atoms with van der Waals surface area (Å²) in [7, 11) is 0. The predicted octanol–water partition coefficient (Wildman–Crippen LogP) is 5.45. The first kappa shape index (κ1) is 21.8. The Hall–Kier alpha value is -3.45. The van der Waals surface area contributed by atoms with Crippen LogP contribution in [-0.2, 0) is 11.3 Å². The smallest absolute Gasteiger partial charge is 0.242 e. The second-order valence-electron chi connectivity index (χ2n) is 7.56. The van der Waals surface area contributed by atoms with Crippen LogP contribution >= 0.6 is 11.8 Å². The molecule has 0 bridgehead atoms. The zero-order valence-corrected chi connectivity index (χ0v) is 19.1. The molecule has 0 aliphatic carbocycles. The quantitative estimate of drug-likeness (QED) is 0.385. The number of nitrogens with zero attached hydrogens (tertiary/aromatic N) is 4. The summed E-state index contributed by atoms with van der Waals surface area (Å²) >= 11 is 1.41. The Morgan fingerprint density at radius 1 is 1.00 bits per heavy atom. The first-order chi connectivity index (χ1) is 15.5. The average molecular weight is 444 g/mol. The summed E-state index contributed by atoms with van der Waals surface area (Å²) in [6.45, 7) is 6.78. The Kier molecular flexibility index (Phi) is 6.66. The fourth-order valence-electron chi connectivity index (χ4n) is 3.64. The third-order valence-electron chi connectivity index (χ3n) is 5.02. The lowest BCUT2D eigenvalue weighted by Gasteiger charge is -2.17. The Bertz CT molecular complexity index is 1190. The topological polar surface area (TPSA) is 72.7 Å². The van der Waals surface area contributed by atoms with Gasteiger partial charge in [0.25, 0.3) is 0 Å². The third-order valence-corrected chi connectivity index (χ3v) is 6.26. The molecule has 4 aromatic rings. The van der Waals surface area contributed by atoms with Gasteiger partial charge in [0.15, 0.2) is 11.0 Å². The van der Waals surface area contributed by atoms with Crippen LogP contribution in [0.25, 0.3) is 11.4 Å². The van der Waals surface area contributed by atoms with Crippen molar-refractivity contribution in [3.63, 3.8) is 0 Å². The molecule has 0 fully saturated rings. The van der Waals surface area contributed by atoms with Crippen molar-refractivity contribution >= 4 is 23.4 Å². The lowest BCUT2D eigenvalue weighted by molar-refractivity contribution is -0.115. The van der Waals surface area contributed by atoms with Crippen LogP contribution in [0.3, 0.4) is 0 Å². The number of benzene rings is 2. The van der Waals surface area contributed by atoms with E-state index in [-0.39, 0.29) is 5.91 Å². The maximum Gasteiger partial charge on any atom is 0.242 e. The molecule has 4 rings (SSSR count). The lowest BCUT2D eigenvalue weighted by Crippen LogP contribution is -2.19. The monoisotopic (exact) mass is 443 g/mol. The van der Waals surface area contributed by atoms with Gasteiger partial charge in [-0.3, -0.25) is 9.78 Å². The Balaban J connectivity index is 1.66. The normalized spacial score (nSPS) is 11.8. The van der Waals surface area contributed by atoms with Crippen molar-refractivity contribution in [2.45, 2.75) is 37.7 Å². The van der Waals surface area contributed by atoms with Crippen LogP contribution in [0.5, 0.6) is 0 Å². The molecule has 2 aromatic carbocycles. The van der Waals surface area contributed by atoms with E-state index in [1.54, 1.807) is 12.4 Å². The van der Waals surface area contributed by atoms with Gasteiger partial charge in [0.1, 0.15) is 5.25 Å². The molecule has 6 nitrogen and oxygen atoms in total. The highest BCUT2D eigenvalue weighted by Gasteiger charge is 2.26. The number of aryl methyl sites for hydroxylation is 2. The number of pyridine rings is 1. The van der Waals surface area contributed by atoms with E-state index in [1.165, 1.54) is 11.8 Å². The number of rotatable bonds is 7. The molecule has 32 heavy (non-hydrogen) atoms. The van der Waals surface area contributed by atoms with Gasteiger partial charge in [-0.05, 0) is 61.7 Å².